The van der Waals surface area contributed by atoms with Crippen LogP contribution in [0.25, 0.3) is 0 Å². The Morgan fingerprint density at radius 1 is 1.00 bits per heavy atom. The number of hydrogen-bond acceptors (Lipinski definition) is 6. The van der Waals surface area contributed by atoms with Gasteiger partial charge in [-0.25, -0.2) is 0 Å². The second-order valence-corrected chi connectivity index (χ2v) is 15.8. The highest BCUT2D eigenvalue weighted by molar-refractivity contribution is 9.09. The quantitative estimate of drug-likeness (QED) is 0.154. The number of nitrogens with zero attached hydrogens (tertiary/aromatic N) is 3. The van der Waals surface area contributed by atoms with Crippen LogP contribution in [-0.2, 0) is 27.3 Å². The van der Waals surface area contributed by atoms with Gasteiger partial charge in [-0.15, -0.1) is 24.9 Å². The zero-order chi connectivity index (χ0) is 35.4. The van der Waals surface area contributed by atoms with Crippen LogP contribution in [0, 0.1) is 11.8 Å². The molecule has 1 N–H and O–H groups in total. The Bertz CT molecular complexity index is 1690. The molecular weight excluding hydrogens is 714 g/mol. The molecule has 7 atom stereocenters. The number of ether oxygens (including phenoxy) is 1. The molecule has 0 radical (unpaired) electrons. The summed E-state index contributed by atoms with van der Waals surface area (Å²) in [7, 11) is 0. The molecule has 3 aromatic carbocycles. The molecule has 3 amide bonds. The van der Waals surface area contributed by atoms with Gasteiger partial charge in [0.05, 0.1) is 35.8 Å². The number of likely N-dealkylation sites (tertiary alicyclic amines) is 1. The molecule has 3 aliphatic rings. The fourth-order valence-corrected chi connectivity index (χ4v) is 11.6. The second kappa shape index (κ2) is 15.6. The fourth-order valence-electron chi connectivity index (χ4n) is 8.04. The highest BCUT2D eigenvalue weighted by Crippen LogP contribution is 2.68. The molecule has 10 heteroatoms. The number of thioether (sulfide) groups is 1. The van der Waals surface area contributed by atoms with Crippen molar-refractivity contribution in [2.45, 2.75) is 53.2 Å². The number of hydrogen-bond donors (Lipinski definition) is 1. The van der Waals surface area contributed by atoms with Gasteiger partial charge >= 0.3 is 0 Å². The number of amides is 3. The molecule has 0 saturated carbocycles. The van der Waals surface area contributed by atoms with Crippen LogP contribution in [0.2, 0.25) is 0 Å². The zero-order valence-electron chi connectivity index (χ0n) is 28.3. The average Bonchev–Trinajstić information content (AvgIpc) is 3.73. The predicted molar refractivity (Wildman–Crippen MR) is 202 cm³/mol. The van der Waals surface area contributed by atoms with E-state index in [1.165, 1.54) is 0 Å². The van der Waals surface area contributed by atoms with Crippen molar-refractivity contribution in [1.82, 2.24) is 9.80 Å². The van der Waals surface area contributed by atoms with Crippen LogP contribution >= 0.6 is 27.7 Å². The third-order valence-electron chi connectivity index (χ3n) is 10.1. The van der Waals surface area contributed by atoms with Gasteiger partial charge in [0.1, 0.15) is 11.8 Å². The topological polar surface area (TPSA) is 90.4 Å². The molecular formula is C40H44BrN3O5S. The van der Waals surface area contributed by atoms with Gasteiger partial charge in [0, 0.05) is 35.4 Å². The molecule has 3 aliphatic heterocycles. The number of benzene rings is 3. The van der Waals surface area contributed by atoms with Crippen molar-refractivity contribution in [3.05, 3.63) is 121 Å². The molecule has 262 valence electrons. The highest BCUT2D eigenvalue weighted by atomic mass is 79.9. The number of anilines is 1. The SMILES string of the molecule is C=CCN(Cc1ccccc1)C(=O)C1N([C@@H](CO)Cc2ccccc2)C(=O)[C@@H]2[C@@H](C(=O)N(CC=C)c3ccc(OCC)cc3)[C@@H]3SC12CC3Br. The van der Waals surface area contributed by atoms with Gasteiger partial charge in [0.25, 0.3) is 0 Å². The Labute approximate surface area is 307 Å². The van der Waals surface area contributed by atoms with Crippen molar-refractivity contribution in [1.29, 1.82) is 0 Å². The third-order valence-corrected chi connectivity index (χ3v) is 13.3. The minimum absolute atomic E-state index is 0.102. The average molecular weight is 759 g/mol. The molecule has 3 aromatic rings. The van der Waals surface area contributed by atoms with E-state index in [0.717, 1.165) is 11.1 Å². The largest absolute Gasteiger partial charge is 0.494 e. The van der Waals surface area contributed by atoms with Gasteiger partial charge in [-0.1, -0.05) is 88.7 Å². The summed E-state index contributed by atoms with van der Waals surface area (Å²) >= 11 is 5.50. The normalized spacial score (nSPS) is 25.5. The van der Waals surface area contributed by atoms with Crippen molar-refractivity contribution >= 4 is 51.1 Å². The summed E-state index contributed by atoms with van der Waals surface area (Å²) in [5.74, 6) is -1.39. The summed E-state index contributed by atoms with van der Waals surface area (Å²) in [6.45, 7) is 10.9. The molecule has 0 aliphatic carbocycles. The van der Waals surface area contributed by atoms with Crippen LogP contribution in [-0.4, -0.2) is 85.8 Å². The van der Waals surface area contributed by atoms with Crippen molar-refractivity contribution in [2.75, 3.05) is 31.2 Å². The summed E-state index contributed by atoms with van der Waals surface area (Å²) in [4.78, 5) is 49.9. The molecule has 2 bridgehead atoms. The van der Waals surface area contributed by atoms with Crippen molar-refractivity contribution in [2.24, 2.45) is 11.8 Å². The molecule has 3 saturated heterocycles. The Hall–Kier alpha value is -3.86. The van der Waals surface area contributed by atoms with Gasteiger partial charge in [0.2, 0.25) is 17.7 Å². The molecule has 3 unspecified atom stereocenters. The Morgan fingerprint density at radius 2 is 1.64 bits per heavy atom. The lowest BCUT2D eigenvalue weighted by Gasteiger charge is -2.40. The maximum Gasteiger partial charge on any atom is 0.247 e. The zero-order valence-corrected chi connectivity index (χ0v) is 30.7. The third kappa shape index (κ3) is 6.65. The molecule has 50 heavy (non-hydrogen) atoms. The highest BCUT2D eigenvalue weighted by Gasteiger charge is 2.76. The summed E-state index contributed by atoms with van der Waals surface area (Å²) in [6, 6.07) is 25.3. The van der Waals surface area contributed by atoms with E-state index in [9.17, 15) is 9.90 Å². The monoisotopic (exact) mass is 757 g/mol. The van der Waals surface area contributed by atoms with Gasteiger partial charge in [-0.05, 0) is 55.2 Å². The van der Waals surface area contributed by atoms with E-state index in [4.69, 9.17) is 4.74 Å². The minimum Gasteiger partial charge on any atom is -0.494 e. The minimum atomic E-state index is -0.893. The molecule has 1 spiro atoms. The van der Waals surface area contributed by atoms with E-state index >= 15 is 9.59 Å². The smallest absolute Gasteiger partial charge is 0.247 e. The first-order chi connectivity index (χ1) is 24.3. The lowest BCUT2D eigenvalue weighted by Crippen LogP contribution is -2.58. The van der Waals surface area contributed by atoms with Crippen molar-refractivity contribution in [3.8, 4) is 5.75 Å². The Morgan fingerprint density at radius 3 is 2.24 bits per heavy atom. The number of halogens is 1. The maximum absolute atomic E-state index is 15.1. The van der Waals surface area contributed by atoms with E-state index in [0.29, 0.717) is 37.4 Å². The molecule has 3 fully saturated rings. The molecule has 3 heterocycles. The lowest BCUT2D eigenvalue weighted by atomic mass is 9.70. The van der Waals surface area contributed by atoms with Gasteiger partial charge < -0.3 is 24.5 Å². The standard InChI is InChI=1S/C40H44BrN3O5S/c1-4-21-42(25-28-15-11-8-12-16-28)39(48)36-40-24-32(41)35(50-40)33(37(46)43(22-5-2)29-17-19-31(20-18-29)49-6-3)34(40)38(47)44(36)30(26-45)23-27-13-9-7-10-14-27/h4-5,7-20,30,32-36,45H,1-2,6,21-26H2,3H3/t30-,32?,33-,34+,35-,36?,40?/m1/s1. The van der Waals surface area contributed by atoms with Crippen LogP contribution in [0.3, 0.4) is 0 Å². The first-order valence-corrected chi connectivity index (χ1v) is 18.9. The van der Waals surface area contributed by atoms with Crippen molar-refractivity contribution < 1.29 is 24.2 Å². The number of rotatable bonds is 15. The van der Waals surface area contributed by atoms with Crippen LogP contribution in [0.15, 0.2) is 110 Å². The van der Waals surface area contributed by atoms with Crippen LogP contribution < -0.4 is 9.64 Å². The first kappa shape index (κ1) is 35.9. The van der Waals surface area contributed by atoms with Gasteiger partial charge in [0.15, 0.2) is 0 Å². The number of carbonyl (C=O) groups excluding carboxylic acids is 3. The Kier molecular flexibility index (Phi) is 11.2. The summed E-state index contributed by atoms with van der Waals surface area (Å²) in [5.41, 5.74) is 2.59. The number of fused-ring (bicyclic) bond motifs is 1. The summed E-state index contributed by atoms with van der Waals surface area (Å²) < 4.78 is 4.75. The fraction of sp³-hybridized carbons (Fsp3) is 0.375. The summed E-state index contributed by atoms with van der Waals surface area (Å²) in [5, 5.41) is 10.7. The first-order valence-electron chi connectivity index (χ1n) is 17.2. The van der Waals surface area contributed by atoms with E-state index in [-0.39, 0.29) is 47.5 Å². The Balaban J connectivity index is 1.42. The number of alkyl halides is 1. The number of aliphatic hydroxyl groups excluding tert-OH is 1. The predicted octanol–water partition coefficient (Wildman–Crippen LogP) is 5.89. The molecule has 0 aromatic heterocycles. The number of carbonyl (C=O) groups is 3. The molecule has 8 nitrogen and oxygen atoms in total. The number of aliphatic hydroxyl groups is 1. The lowest BCUT2D eigenvalue weighted by molar-refractivity contribution is -0.145. The van der Waals surface area contributed by atoms with Crippen molar-refractivity contribution in [3.63, 3.8) is 0 Å². The van der Waals surface area contributed by atoms with E-state index in [2.05, 4.69) is 29.1 Å². The second-order valence-electron chi connectivity index (χ2n) is 13.1. The molecule has 6 rings (SSSR count). The van der Waals surface area contributed by atoms with Crippen LogP contribution in [0.4, 0.5) is 5.69 Å². The van der Waals surface area contributed by atoms with Crippen LogP contribution in [0.5, 0.6) is 5.75 Å². The summed E-state index contributed by atoms with van der Waals surface area (Å²) in [6.07, 6.45) is 4.29. The van der Waals surface area contributed by atoms with Gasteiger partial charge in [-0.3, -0.25) is 14.4 Å². The maximum atomic E-state index is 15.1. The van der Waals surface area contributed by atoms with E-state index in [1.807, 2.05) is 91.9 Å². The van der Waals surface area contributed by atoms with Gasteiger partial charge in [-0.2, -0.15) is 0 Å². The van der Waals surface area contributed by atoms with E-state index in [1.54, 1.807) is 38.6 Å². The van der Waals surface area contributed by atoms with E-state index < -0.39 is 28.7 Å². The van der Waals surface area contributed by atoms with Crippen LogP contribution in [0.1, 0.15) is 24.5 Å².